The van der Waals surface area contributed by atoms with Crippen molar-refractivity contribution in [1.29, 1.82) is 5.26 Å². The lowest BCUT2D eigenvalue weighted by molar-refractivity contribution is -0.133. The summed E-state index contributed by atoms with van der Waals surface area (Å²) in [6.45, 7) is 9.41. The summed E-state index contributed by atoms with van der Waals surface area (Å²) in [7, 11) is 0. The van der Waals surface area contributed by atoms with Gasteiger partial charge in [0, 0.05) is 56.1 Å². The number of unbranched alkanes of at least 4 members (excludes halogenated alkanes) is 9. The highest BCUT2D eigenvalue weighted by molar-refractivity contribution is 7.23. The average molecular weight is 984 g/mol. The Hall–Kier alpha value is -6.86. The van der Waals surface area contributed by atoms with Gasteiger partial charge >= 0.3 is 11.9 Å². The van der Waals surface area contributed by atoms with E-state index in [-0.39, 0.29) is 11.3 Å². The lowest BCUT2D eigenvalue weighted by atomic mass is 10.0. The van der Waals surface area contributed by atoms with Crippen LogP contribution in [-0.2, 0) is 16.0 Å². The number of anilines is 3. The van der Waals surface area contributed by atoms with E-state index in [0.717, 1.165) is 73.6 Å². The first-order valence-corrected chi connectivity index (χ1v) is 26.5. The zero-order chi connectivity index (χ0) is 48.4. The number of carboxylic acid groups (broad SMARTS) is 2. The molecule has 7 aromatic rings. The van der Waals surface area contributed by atoms with Crippen molar-refractivity contribution in [2.24, 2.45) is 0 Å². The van der Waals surface area contributed by atoms with Crippen LogP contribution in [-0.4, -0.2) is 22.2 Å². The summed E-state index contributed by atoms with van der Waals surface area (Å²) in [5, 5.41) is 27.6. The third-order valence-corrected chi connectivity index (χ3v) is 16.0. The second-order valence-electron chi connectivity index (χ2n) is 16.5. The van der Waals surface area contributed by atoms with Gasteiger partial charge in [-0.05, 0) is 139 Å². The van der Waals surface area contributed by atoms with Crippen LogP contribution >= 0.6 is 45.3 Å². The number of rotatable bonds is 24. The lowest BCUT2D eigenvalue weighted by Gasteiger charge is -2.26. The predicted molar refractivity (Wildman–Crippen MR) is 293 cm³/mol. The third kappa shape index (κ3) is 14.6. The highest BCUT2D eigenvalue weighted by Gasteiger charge is 2.14. The Morgan fingerprint density at radius 1 is 0.536 bits per heavy atom. The Morgan fingerprint density at radius 3 is 1.36 bits per heavy atom. The van der Waals surface area contributed by atoms with Crippen LogP contribution in [0.4, 0.5) is 17.1 Å². The molecule has 0 atom stereocenters. The number of thiophene rings is 4. The second kappa shape index (κ2) is 25.5. The molecule has 0 aliphatic carbocycles. The van der Waals surface area contributed by atoms with Gasteiger partial charge in [-0.15, -0.1) is 45.3 Å². The van der Waals surface area contributed by atoms with Gasteiger partial charge in [-0.1, -0.05) is 113 Å². The molecule has 4 heterocycles. The van der Waals surface area contributed by atoms with E-state index in [9.17, 15) is 19.8 Å². The molecule has 0 saturated heterocycles. The fraction of sp³-hybridized carbons (Fsp3) is 0.207. The molecule has 0 amide bonds. The monoisotopic (exact) mass is 983 g/mol. The number of hydrogen-bond donors (Lipinski definition) is 2. The van der Waals surface area contributed by atoms with Crippen molar-refractivity contribution in [3.05, 3.63) is 180 Å². The second-order valence-corrected chi connectivity index (χ2v) is 21.0. The van der Waals surface area contributed by atoms with E-state index in [1.165, 1.54) is 105 Å². The summed E-state index contributed by atoms with van der Waals surface area (Å²) < 4.78 is 0. The fourth-order valence-electron chi connectivity index (χ4n) is 7.74. The first-order valence-electron chi connectivity index (χ1n) is 23.2. The minimum atomic E-state index is -1.23. The molecule has 11 heteroatoms. The molecular formula is C58H53N3O4S4. The molecule has 2 N–H and O–H groups in total. The minimum Gasteiger partial charge on any atom is -0.486 e. The molecule has 69 heavy (non-hydrogen) atoms. The zero-order valence-corrected chi connectivity index (χ0v) is 41.7. The van der Waals surface area contributed by atoms with Gasteiger partial charge in [0.05, 0.1) is 6.57 Å². The molecule has 7 nitrogen and oxygen atoms in total. The van der Waals surface area contributed by atoms with E-state index < -0.39 is 11.9 Å². The Morgan fingerprint density at radius 2 is 0.942 bits per heavy atom. The van der Waals surface area contributed by atoms with Crippen LogP contribution in [0.25, 0.3) is 60.8 Å². The molecular weight excluding hydrogens is 931 g/mol. The highest BCUT2D eigenvalue weighted by atomic mass is 32.1. The summed E-state index contributed by atoms with van der Waals surface area (Å²) in [5.74, 6) is -2.45. The van der Waals surface area contributed by atoms with Crippen LogP contribution in [0, 0.1) is 17.9 Å². The Balaban J connectivity index is 1.04. The first-order chi connectivity index (χ1) is 33.7. The smallest absolute Gasteiger partial charge is 0.346 e. The molecule has 0 fully saturated rings. The normalized spacial score (nSPS) is 11.9. The standard InChI is InChI=1S/C58H53N3O4S4/c1-3-4-5-6-7-8-9-10-11-12-13-41-14-22-45(23-15-41)61(46-24-16-42(17-25-46)20-28-48-30-34-53(66-48)55-36-32-50(68-55)38-44(40-59)57(62)63)47-26-18-43(19-27-47)21-29-49-31-35-54(67-49)56-37-33-51(69-56)39-52(60-2)58(64)65/h14-39H,3-13H2,1H3,(H,62,63)(H,64,65). The van der Waals surface area contributed by atoms with Gasteiger partial charge in [0.2, 0.25) is 0 Å². The number of hydrogen-bond acceptors (Lipinski definition) is 8. The average Bonchev–Trinajstić information content (AvgIpc) is 4.22. The van der Waals surface area contributed by atoms with E-state index >= 15 is 0 Å². The van der Waals surface area contributed by atoms with Crippen LogP contribution in [0.1, 0.15) is 107 Å². The Labute approximate surface area is 421 Å². The first kappa shape index (κ1) is 50.0. The SMILES string of the molecule is [C-]#[N+]C(=Cc1ccc(-c2ccc(C=Cc3ccc(N(c4ccc(C=Cc5ccc(-c6ccc(C=C(C#N)C(=O)O)s6)s5)cc4)c4ccc(CCCCCCCCCCCC)cc4)cc3)s2)s1)C(=O)O. The van der Waals surface area contributed by atoms with Gasteiger partial charge < -0.3 is 15.1 Å². The van der Waals surface area contributed by atoms with Crippen molar-refractivity contribution in [1.82, 2.24) is 0 Å². The number of nitriles is 1. The predicted octanol–water partition coefficient (Wildman–Crippen LogP) is 17.9. The van der Waals surface area contributed by atoms with Gasteiger partial charge in [0.1, 0.15) is 11.6 Å². The van der Waals surface area contributed by atoms with Gasteiger partial charge in [-0.2, -0.15) is 5.26 Å². The molecule has 0 saturated carbocycles. The number of nitrogens with zero attached hydrogens (tertiary/aromatic N) is 3. The van der Waals surface area contributed by atoms with E-state index in [2.05, 4.69) is 138 Å². The maximum Gasteiger partial charge on any atom is 0.346 e. The third-order valence-electron chi connectivity index (χ3n) is 11.4. The van der Waals surface area contributed by atoms with E-state index in [4.69, 9.17) is 11.8 Å². The van der Waals surface area contributed by atoms with Crippen molar-refractivity contribution >= 4 is 111 Å². The summed E-state index contributed by atoms with van der Waals surface area (Å²) in [6, 6.07) is 43.9. The molecule has 0 aliphatic heterocycles. The number of carbonyl (C=O) groups is 2. The van der Waals surface area contributed by atoms with Gasteiger partial charge in [0.25, 0.3) is 5.70 Å². The quantitative estimate of drug-likeness (QED) is 0.0270. The zero-order valence-electron chi connectivity index (χ0n) is 38.5. The molecule has 0 radical (unpaired) electrons. The van der Waals surface area contributed by atoms with Crippen LogP contribution < -0.4 is 4.90 Å². The number of carboxylic acids is 2. The molecule has 0 unspecified atom stereocenters. The van der Waals surface area contributed by atoms with Gasteiger partial charge in [-0.3, -0.25) is 4.79 Å². The summed E-state index contributed by atoms with van der Waals surface area (Å²) in [5.41, 5.74) is 6.11. The molecule has 7 rings (SSSR count). The highest BCUT2D eigenvalue weighted by Crippen LogP contribution is 2.38. The molecule has 0 bridgehead atoms. The lowest BCUT2D eigenvalue weighted by Crippen LogP contribution is -2.10. The van der Waals surface area contributed by atoms with Crippen LogP contribution in [0.5, 0.6) is 0 Å². The summed E-state index contributed by atoms with van der Waals surface area (Å²) in [4.78, 5) is 35.9. The molecule has 4 aromatic heterocycles. The van der Waals surface area contributed by atoms with Crippen molar-refractivity contribution in [2.45, 2.75) is 77.6 Å². The van der Waals surface area contributed by atoms with Crippen molar-refractivity contribution in [3.8, 4) is 25.6 Å². The van der Waals surface area contributed by atoms with Crippen molar-refractivity contribution < 1.29 is 19.8 Å². The molecule has 348 valence electrons. The minimum absolute atomic E-state index is 0.284. The van der Waals surface area contributed by atoms with E-state index in [1.807, 2.05) is 24.3 Å². The molecule has 0 spiro atoms. The Bertz CT molecular complexity index is 2850. The summed E-state index contributed by atoms with van der Waals surface area (Å²) in [6.07, 6.45) is 25.6. The van der Waals surface area contributed by atoms with E-state index in [0.29, 0.717) is 0 Å². The largest absolute Gasteiger partial charge is 0.486 e. The maximum atomic E-state index is 11.3. The van der Waals surface area contributed by atoms with E-state index in [1.54, 1.807) is 28.7 Å². The van der Waals surface area contributed by atoms with Crippen LogP contribution in [0.2, 0.25) is 0 Å². The maximum absolute atomic E-state index is 11.3. The van der Waals surface area contributed by atoms with Crippen LogP contribution in [0.3, 0.4) is 0 Å². The molecule has 0 aliphatic rings. The molecule has 3 aromatic carbocycles. The topological polar surface area (TPSA) is 106 Å². The van der Waals surface area contributed by atoms with Gasteiger partial charge in [0.15, 0.2) is 0 Å². The van der Waals surface area contributed by atoms with Crippen molar-refractivity contribution in [3.63, 3.8) is 0 Å². The Kier molecular flexibility index (Phi) is 18.5. The number of benzene rings is 3. The van der Waals surface area contributed by atoms with Crippen LogP contribution in [0.15, 0.2) is 133 Å². The summed E-state index contributed by atoms with van der Waals surface area (Å²) >= 11 is 6.24. The number of aliphatic carboxylic acids is 2. The number of aryl methyl sites for hydroxylation is 1. The van der Waals surface area contributed by atoms with Crippen molar-refractivity contribution in [2.75, 3.05) is 4.90 Å². The van der Waals surface area contributed by atoms with Gasteiger partial charge in [-0.25, -0.2) is 9.64 Å². The fourth-order valence-corrected chi connectivity index (χ4v) is 11.6.